The van der Waals surface area contributed by atoms with E-state index < -0.39 is 0 Å². The molecule has 0 fully saturated rings. The van der Waals surface area contributed by atoms with Gasteiger partial charge in [-0.25, -0.2) is 0 Å². The molecule has 0 aliphatic heterocycles. The average molecular weight is 256 g/mol. The first-order chi connectivity index (χ1) is 8.74. The Kier molecular flexibility index (Phi) is 12.5. The summed E-state index contributed by atoms with van der Waals surface area (Å²) in [6.45, 7) is 4.47. The quantitative estimate of drug-likeness (QED) is 0.358. The zero-order valence-electron chi connectivity index (χ0n) is 12.7. The van der Waals surface area contributed by atoms with E-state index in [4.69, 9.17) is 4.74 Å². The zero-order valence-corrected chi connectivity index (χ0v) is 12.7. The normalized spacial score (nSPS) is 10.9. The van der Waals surface area contributed by atoms with Gasteiger partial charge >= 0.3 is 5.97 Å². The van der Waals surface area contributed by atoms with E-state index in [1.54, 1.807) is 0 Å². The van der Waals surface area contributed by atoms with Gasteiger partial charge in [-0.2, -0.15) is 0 Å². The molecule has 108 valence electrons. The molecule has 2 nitrogen and oxygen atoms in total. The summed E-state index contributed by atoms with van der Waals surface area (Å²) in [6, 6.07) is 0. The van der Waals surface area contributed by atoms with E-state index in [9.17, 15) is 4.79 Å². The predicted molar refractivity (Wildman–Crippen MR) is 77.6 cm³/mol. The lowest BCUT2D eigenvalue weighted by molar-refractivity contribution is -0.141. The maximum atomic E-state index is 11.4. The molecule has 0 amide bonds. The van der Waals surface area contributed by atoms with E-state index >= 15 is 0 Å². The topological polar surface area (TPSA) is 26.3 Å². The molecule has 18 heavy (non-hydrogen) atoms. The van der Waals surface area contributed by atoms with Crippen molar-refractivity contribution in [3.63, 3.8) is 0 Å². The molecule has 0 atom stereocenters. The summed E-state index contributed by atoms with van der Waals surface area (Å²) in [7, 11) is 1.49. The van der Waals surface area contributed by atoms with E-state index in [0.717, 1.165) is 0 Å². The lowest BCUT2D eigenvalue weighted by Gasteiger charge is -2.15. The van der Waals surface area contributed by atoms with Crippen LogP contribution < -0.4 is 0 Å². The van der Waals surface area contributed by atoms with Crippen molar-refractivity contribution in [2.45, 2.75) is 84.5 Å². The summed E-state index contributed by atoms with van der Waals surface area (Å²) in [5.74, 6) is 0.511. The van der Waals surface area contributed by atoms with Gasteiger partial charge in [0.05, 0.1) is 7.11 Å². The highest BCUT2D eigenvalue weighted by atomic mass is 16.5. The molecule has 0 radical (unpaired) electrons. The van der Waals surface area contributed by atoms with Gasteiger partial charge in [-0.1, -0.05) is 65.2 Å². The van der Waals surface area contributed by atoms with Crippen LogP contribution >= 0.6 is 0 Å². The Hall–Kier alpha value is -0.530. The van der Waals surface area contributed by atoms with Crippen molar-refractivity contribution in [2.24, 2.45) is 5.92 Å². The molecule has 0 heterocycles. The average Bonchev–Trinajstić information content (AvgIpc) is 2.39. The molecule has 0 saturated heterocycles. The van der Waals surface area contributed by atoms with Crippen LogP contribution in [0, 0.1) is 5.92 Å². The van der Waals surface area contributed by atoms with Crippen molar-refractivity contribution < 1.29 is 9.53 Å². The van der Waals surface area contributed by atoms with Gasteiger partial charge in [0.25, 0.3) is 0 Å². The van der Waals surface area contributed by atoms with Crippen LogP contribution in [0.1, 0.15) is 84.5 Å². The van der Waals surface area contributed by atoms with Gasteiger partial charge in [-0.15, -0.1) is 0 Å². The summed E-state index contributed by atoms with van der Waals surface area (Å²) in [5, 5.41) is 0. The maximum Gasteiger partial charge on any atom is 0.305 e. The van der Waals surface area contributed by atoms with E-state index in [2.05, 4.69) is 13.8 Å². The number of esters is 1. The lowest BCUT2D eigenvalue weighted by atomic mass is 9.92. The zero-order chi connectivity index (χ0) is 13.6. The summed E-state index contributed by atoms with van der Waals surface area (Å²) in [4.78, 5) is 11.4. The number of rotatable bonds is 12. The van der Waals surface area contributed by atoms with Crippen LogP contribution in [0.25, 0.3) is 0 Å². The third-order valence-electron chi connectivity index (χ3n) is 3.61. The maximum absolute atomic E-state index is 11.4. The minimum absolute atomic E-state index is 0.0361. The monoisotopic (exact) mass is 256 g/mol. The molecule has 0 rings (SSSR count). The fourth-order valence-electron chi connectivity index (χ4n) is 2.39. The van der Waals surface area contributed by atoms with Gasteiger partial charge in [-0.05, 0) is 18.8 Å². The number of unbranched alkanes of at least 4 members (excludes halogenated alkanes) is 6. The second-order valence-corrected chi connectivity index (χ2v) is 5.34. The van der Waals surface area contributed by atoms with Crippen molar-refractivity contribution in [1.29, 1.82) is 0 Å². The molecule has 0 bridgehead atoms. The van der Waals surface area contributed by atoms with Crippen molar-refractivity contribution in [3.8, 4) is 0 Å². The molecule has 2 heteroatoms. The van der Waals surface area contributed by atoms with Crippen LogP contribution in [-0.4, -0.2) is 13.1 Å². The lowest BCUT2D eigenvalue weighted by Crippen LogP contribution is -2.10. The van der Waals surface area contributed by atoms with Crippen molar-refractivity contribution in [3.05, 3.63) is 0 Å². The van der Waals surface area contributed by atoms with Crippen LogP contribution in [0.5, 0.6) is 0 Å². The minimum Gasteiger partial charge on any atom is -0.469 e. The van der Waals surface area contributed by atoms with Gasteiger partial charge in [-0.3, -0.25) is 4.79 Å². The Morgan fingerprint density at radius 1 is 0.889 bits per heavy atom. The molecule has 0 aliphatic carbocycles. The largest absolute Gasteiger partial charge is 0.469 e. The van der Waals surface area contributed by atoms with Gasteiger partial charge in [0.2, 0.25) is 0 Å². The van der Waals surface area contributed by atoms with E-state index in [1.807, 2.05) is 0 Å². The number of hydrogen-bond donors (Lipinski definition) is 0. The molecule has 0 aromatic carbocycles. The Labute approximate surface area is 113 Å². The second kappa shape index (κ2) is 12.9. The molecule has 0 unspecified atom stereocenters. The molecule has 0 N–H and O–H groups in total. The van der Waals surface area contributed by atoms with E-state index in [1.165, 1.54) is 71.3 Å². The highest BCUT2D eigenvalue weighted by Crippen LogP contribution is 2.21. The van der Waals surface area contributed by atoms with E-state index in [-0.39, 0.29) is 5.97 Å². The predicted octanol–water partition coefficient (Wildman–Crippen LogP) is 5.11. The molecular formula is C16H32O2. The molecule has 0 aromatic rings. The second-order valence-electron chi connectivity index (χ2n) is 5.34. The fourth-order valence-corrected chi connectivity index (χ4v) is 2.39. The van der Waals surface area contributed by atoms with Gasteiger partial charge in [0.1, 0.15) is 0 Å². The van der Waals surface area contributed by atoms with Crippen molar-refractivity contribution in [1.82, 2.24) is 0 Å². The first-order valence-electron chi connectivity index (χ1n) is 7.81. The number of carbonyl (C=O) groups is 1. The van der Waals surface area contributed by atoms with Crippen LogP contribution in [0.3, 0.4) is 0 Å². The summed E-state index contributed by atoms with van der Waals surface area (Å²) < 4.78 is 4.80. The SMILES string of the molecule is CCCCCCC(CCCCCC)CC(=O)OC. The number of carbonyl (C=O) groups excluding carboxylic acids is 1. The number of ether oxygens (including phenoxy) is 1. The summed E-state index contributed by atoms with van der Waals surface area (Å²) in [5.41, 5.74) is 0. The molecule has 0 spiro atoms. The Morgan fingerprint density at radius 2 is 1.39 bits per heavy atom. The highest BCUT2D eigenvalue weighted by Gasteiger charge is 2.13. The van der Waals surface area contributed by atoms with Gasteiger partial charge < -0.3 is 4.74 Å². The molecule has 0 saturated carbocycles. The third-order valence-corrected chi connectivity index (χ3v) is 3.61. The van der Waals surface area contributed by atoms with Crippen LogP contribution in [0.15, 0.2) is 0 Å². The third kappa shape index (κ3) is 10.6. The van der Waals surface area contributed by atoms with Gasteiger partial charge in [0.15, 0.2) is 0 Å². The molecule has 0 aliphatic rings. The first kappa shape index (κ1) is 17.5. The van der Waals surface area contributed by atoms with Crippen molar-refractivity contribution >= 4 is 5.97 Å². The van der Waals surface area contributed by atoms with Gasteiger partial charge in [0, 0.05) is 6.42 Å². The molecular weight excluding hydrogens is 224 g/mol. The summed E-state index contributed by atoms with van der Waals surface area (Å²) >= 11 is 0. The Morgan fingerprint density at radius 3 is 1.78 bits per heavy atom. The standard InChI is InChI=1S/C16H32O2/c1-4-6-8-10-12-15(14-16(17)18-3)13-11-9-7-5-2/h15H,4-14H2,1-3H3. The minimum atomic E-state index is -0.0361. The summed E-state index contributed by atoms with van der Waals surface area (Å²) in [6.07, 6.45) is 13.4. The highest BCUT2D eigenvalue weighted by molar-refractivity contribution is 5.69. The number of methoxy groups -OCH3 is 1. The van der Waals surface area contributed by atoms with Crippen LogP contribution in [-0.2, 0) is 9.53 Å². The van der Waals surface area contributed by atoms with Crippen LogP contribution in [0.2, 0.25) is 0 Å². The number of hydrogen-bond acceptors (Lipinski definition) is 2. The smallest absolute Gasteiger partial charge is 0.305 e. The Bertz CT molecular complexity index is 178. The Balaban J connectivity index is 3.80. The van der Waals surface area contributed by atoms with Crippen LogP contribution in [0.4, 0.5) is 0 Å². The first-order valence-corrected chi connectivity index (χ1v) is 7.81. The molecule has 0 aromatic heterocycles. The fraction of sp³-hybridized carbons (Fsp3) is 0.938. The van der Waals surface area contributed by atoms with E-state index in [0.29, 0.717) is 12.3 Å². The van der Waals surface area contributed by atoms with Crippen molar-refractivity contribution in [2.75, 3.05) is 7.11 Å².